The number of aromatic nitrogens is 1. The highest BCUT2D eigenvalue weighted by Crippen LogP contribution is 2.32. The average molecular weight is 487 g/mol. The van der Waals surface area contributed by atoms with E-state index in [9.17, 15) is 13.2 Å². The van der Waals surface area contributed by atoms with Gasteiger partial charge in [-0.05, 0) is 81.5 Å². The van der Waals surface area contributed by atoms with E-state index in [1.807, 2.05) is 0 Å². The van der Waals surface area contributed by atoms with Crippen molar-refractivity contribution in [3.05, 3.63) is 53.1 Å². The van der Waals surface area contributed by atoms with E-state index >= 15 is 0 Å². The number of aryl methyl sites for hydroxylation is 2. The summed E-state index contributed by atoms with van der Waals surface area (Å²) >= 11 is 1.52. The first-order chi connectivity index (χ1) is 15.6. The van der Waals surface area contributed by atoms with Crippen LogP contribution in [0.15, 0.2) is 41.3 Å². The first-order valence-electron chi connectivity index (χ1n) is 11.3. The van der Waals surface area contributed by atoms with Crippen molar-refractivity contribution in [3.63, 3.8) is 0 Å². The Morgan fingerprint density at radius 2 is 1.88 bits per heavy atom. The molecule has 0 spiro atoms. The van der Waals surface area contributed by atoms with Crippen LogP contribution in [0.3, 0.4) is 0 Å². The molecule has 1 fully saturated rings. The molecular weight excluding hydrogens is 456 g/mol. The van der Waals surface area contributed by atoms with E-state index in [2.05, 4.69) is 26.0 Å². The van der Waals surface area contributed by atoms with E-state index in [0.29, 0.717) is 11.7 Å². The smallest absolute Gasteiger partial charge is 0.233 e. The quantitative estimate of drug-likeness (QED) is 0.477. The Bertz CT molecular complexity index is 1220. The van der Waals surface area contributed by atoms with Gasteiger partial charge in [-0.1, -0.05) is 23.5 Å². The van der Waals surface area contributed by atoms with Crippen LogP contribution in [-0.4, -0.2) is 43.8 Å². The molecule has 0 aliphatic carbocycles. The molecule has 0 saturated carbocycles. The van der Waals surface area contributed by atoms with Crippen LogP contribution in [0.5, 0.6) is 0 Å². The van der Waals surface area contributed by atoms with Gasteiger partial charge in [0.1, 0.15) is 0 Å². The van der Waals surface area contributed by atoms with Crippen molar-refractivity contribution in [1.82, 2.24) is 4.98 Å². The van der Waals surface area contributed by atoms with Crippen LogP contribution in [0.4, 0.5) is 5.13 Å². The molecular formula is C25H30N2O4S2. The fourth-order valence-electron chi connectivity index (χ4n) is 3.90. The Kier molecular flexibility index (Phi) is 6.88. The molecule has 1 aliphatic heterocycles. The van der Waals surface area contributed by atoms with Crippen molar-refractivity contribution in [2.24, 2.45) is 0 Å². The number of benzene rings is 2. The number of thiazole rings is 1. The maximum Gasteiger partial charge on any atom is 0.233 e. The number of hydrogen-bond acceptors (Lipinski definition) is 6. The van der Waals surface area contributed by atoms with E-state index in [1.165, 1.54) is 22.5 Å². The normalized spacial score (nSPS) is 16.6. The minimum atomic E-state index is -3.34. The van der Waals surface area contributed by atoms with Gasteiger partial charge < -0.3 is 4.74 Å². The van der Waals surface area contributed by atoms with Crippen LogP contribution in [0.1, 0.15) is 43.4 Å². The van der Waals surface area contributed by atoms with Crippen molar-refractivity contribution in [3.8, 4) is 0 Å². The van der Waals surface area contributed by atoms with Gasteiger partial charge in [0.15, 0.2) is 15.0 Å². The van der Waals surface area contributed by atoms with E-state index in [1.54, 1.807) is 43.0 Å². The zero-order chi connectivity index (χ0) is 23.8. The molecule has 1 atom stereocenters. The lowest BCUT2D eigenvalue weighted by Crippen LogP contribution is -2.38. The predicted molar refractivity (Wildman–Crippen MR) is 133 cm³/mol. The molecule has 3 aromatic rings. The second kappa shape index (κ2) is 9.52. The van der Waals surface area contributed by atoms with Crippen molar-refractivity contribution >= 4 is 42.4 Å². The van der Waals surface area contributed by atoms with Crippen LogP contribution < -0.4 is 4.90 Å². The van der Waals surface area contributed by atoms with Crippen molar-refractivity contribution in [1.29, 1.82) is 0 Å². The minimum absolute atomic E-state index is 0.00277. The SMILES string of the molecule is Cc1cc2nc(N(CC3CCCO3)C(=O)Cc3ccc(S(=O)(=O)C(C)C)cc3)sc2cc1C. The lowest BCUT2D eigenvalue weighted by molar-refractivity contribution is -0.118. The first kappa shape index (κ1) is 23.9. The third-order valence-electron chi connectivity index (χ3n) is 6.16. The van der Waals surface area contributed by atoms with Gasteiger partial charge in [0.2, 0.25) is 5.91 Å². The van der Waals surface area contributed by atoms with Crippen molar-refractivity contribution < 1.29 is 17.9 Å². The lowest BCUT2D eigenvalue weighted by Gasteiger charge is -2.23. The van der Waals surface area contributed by atoms with E-state index in [-0.39, 0.29) is 23.3 Å². The molecule has 4 rings (SSSR count). The van der Waals surface area contributed by atoms with Gasteiger partial charge >= 0.3 is 0 Å². The van der Waals surface area contributed by atoms with Crippen LogP contribution in [0.25, 0.3) is 10.2 Å². The number of fused-ring (bicyclic) bond motifs is 1. The molecule has 6 nitrogen and oxygen atoms in total. The van der Waals surface area contributed by atoms with Crippen LogP contribution in [0, 0.1) is 13.8 Å². The third kappa shape index (κ3) is 5.13. The van der Waals surface area contributed by atoms with Gasteiger partial charge in [0.25, 0.3) is 0 Å². The fraction of sp³-hybridized carbons (Fsp3) is 0.440. The molecule has 0 radical (unpaired) electrons. The number of hydrogen-bond donors (Lipinski definition) is 0. The van der Waals surface area contributed by atoms with Gasteiger partial charge in [-0.15, -0.1) is 0 Å². The van der Waals surface area contributed by atoms with E-state index < -0.39 is 15.1 Å². The molecule has 1 saturated heterocycles. The Morgan fingerprint density at radius 1 is 1.18 bits per heavy atom. The maximum atomic E-state index is 13.4. The second-order valence-electron chi connectivity index (χ2n) is 8.95. The number of rotatable bonds is 7. The molecule has 1 aliphatic rings. The summed E-state index contributed by atoms with van der Waals surface area (Å²) in [6.07, 6.45) is 2.09. The first-order valence-corrected chi connectivity index (χ1v) is 13.6. The summed E-state index contributed by atoms with van der Waals surface area (Å²) < 4.78 is 31.6. The Hall–Kier alpha value is -2.29. The van der Waals surface area contributed by atoms with Gasteiger partial charge in [-0.3, -0.25) is 9.69 Å². The summed E-state index contributed by atoms with van der Waals surface area (Å²) in [4.78, 5) is 20.2. The summed E-state index contributed by atoms with van der Waals surface area (Å²) in [5.41, 5.74) is 4.04. The summed E-state index contributed by atoms with van der Waals surface area (Å²) in [6, 6.07) is 10.8. The molecule has 176 valence electrons. The summed E-state index contributed by atoms with van der Waals surface area (Å²) in [5.74, 6) is -0.0718. The van der Waals surface area contributed by atoms with Crippen LogP contribution >= 0.6 is 11.3 Å². The molecule has 1 amide bonds. The average Bonchev–Trinajstić information content (AvgIpc) is 3.42. The lowest BCUT2D eigenvalue weighted by atomic mass is 10.1. The Morgan fingerprint density at radius 3 is 2.52 bits per heavy atom. The van der Waals surface area contributed by atoms with Gasteiger partial charge in [-0.2, -0.15) is 0 Å². The highest BCUT2D eigenvalue weighted by molar-refractivity contribution is 7.92. The number of carbonyl (C=O) groups excluding carboxylic acids is 1. The maximum absolute atomic E-state index is 13.4. The van der Waals surface area contributed by atoms with Crippen molar-refractivity contribution in [2.75, 3.05) is 18.1 Å². The monoisotopic (exact) mass is 486 g/mol. The topological polar surface area (TPSA) is 76.6 Å². The van der Waals surface area contributed by atoms with Crippen LogP contribution in [-0.2, 0) is 25.8 Å². The molecule has 33 heavy (non-hydrogen) atoms. The zero-order valence-electron chi connectivity index (χ0n) is 19.5. The molecule has 2 heterocycles. The number of amides is 1. The van der Waals surface area contributed by atoms with E-state index in [0.717, 1.165) is 35.2 Å². The number of carbonyl (C=O) groups is 1. The number of nitrogens with zero attached hydrogens (tertiary/aromatic N) is 2. The fourth-order valence-corrected chi connectivity index (χ4v) is 6.03. The van der Waals surface area contributed by atoms with Gasteiger partial charge in [-0.25, -0.2) is 13.4 Å². The van der Waals surface area contributed by atoms with Crippen molar-refractivity contribution in [2.45, 2.75) is 63.2 Å². The molecule has 1 aromatic heterocycles. The molecule has 0 N–H and O–H groups in total. The number of ether oxygens (including phenoxy) is 1. The molecule has 8 heteroatoms. The number of anilines is 1. The number of sulfone groups is 1. The highest BCUT2D eigenvalue weighted by atomic mass is 32.2. The largest absolute Gasteiger partial charge is 0.376 e. The summed E-state index contributed by atoms with van der Waals surface area (Å²) in [6.45, 7) is 8.65. The molecule has 2 aromatic carbocycles. The van der Waals surface area contributed by atoms with Crippen LogP contribution in [0.2, 0.25) is 0 Å². The zero-order valence-corrected chi connectivity index (χ0v) is 21.1. The summed E-state index contributed by atoms with van der Waals surface area (Å²) in [7, 11) is -3.34. The van der Waals surface area contributed by atoms with Gasteiger partial charge in [0.05, 0.1) is 39.4 Å². The second-order valence-corrected chi connectivity index (χ2v) is 12.5. The van der Waals surface area contributed by atoms with Gasteiger partial charge in [0, 0.05) is 6.61 Å². The minimum Gasteiger partial charge on any atom is -0.376 e. The predicted octanol–water partition coefficient (Wildman–Crippen LogP) is 4.85. The summed E-state index contributed by atoms with van der Waals surface area (Å²) in [5, 5.41) is 0.188. The Labute approximate surface area is 199 Å². The highest BCUT2D eigenvalue weighted by Gasteiger charge is 2.27. The van der Waals surface area contributed by atoms with E-state index in [4.69, 9.17) is 9.72 Å². The molecule has 0 bridgehead atoms. The third-order valence-corrected chi connectivity index (χ3v) is 9.37. The Balaban J connectivity index is 1.60. The molecule has 1 unspecified atom stereocenters. The standard InChI is InChI=1S/C25H30N2O4S2/c1-16(2)33(29,30)21-9-7-19(8-10-21)14-24(28)27(15-20-6-5-11-31-20)25-26-22-12-17(3)18(4)13-23(22)32-25/h7-10,12-13,16,20H,5-6,11,14-15H2,1-4H3.